The molecule has 0 aliphatic carbocycles. The zero-order valence-corrected chi connectivity index (χ0v) is 15.8. The van der Waals surface area contributed by atoms with Crippen molar-refractivity contribution < 1.29 is 19.0 Å². The fraction of sp³-hybridized carbons (Fsp3) is 0.316. The number of hydrogen-bond donors (Lipinski definition) is 2. The summed E-state index contributed by atoms with van der Waals surface area (Å²) in [4.78, 5) is 12.1. The third-order valence-corrected chi connectivity index (χ3v) is 3.91. The molecule has 0 atom stereocenters. The average molecular weight is 379 g/mol. The fourth-order valence-electron chi connectivity index (χ4n) is 2.45. The van der Waals surface area contributed by atoms with Gasteiger partial charge in [-0.15, -0.1) is 12.4 Å². The van der Waals surface area contributed by atoms with E-state index in [1.807, 2.05) is 24.3 Å². The largest absolute Gasteiger partial charge is 0.484 e. The highest BCUT2D eigenvalue weighted by Crippen LogP contribution is 2.38. The normalized spacial score (nSPS) is 12.3. The number of nitrogens with two attached hydrogens (primary N) is 1. The van der Waals surface area contributed by atoms with Crippen molar-refractivity contribution in [2.45, 2.75) is 26.2 Å². The van der Waals surface area contributed by atoms with Crippen LogP contribution in [-0.2, 0) is 10.2 Å². The Morgan fingerprint density at radius 3 is 2.38 bits per heavy atom. The molecule has 0 radical (unpaired) electrons. The summed E-state index contributed by atoms with van der Waals surface area (Å²) in [5.74, 6) is 1.47. The number of fused-ring (bicyclic) bond motifs is 1. The van der Waals surface area contributed by atoms with Gasteiger partial charge in [-0.2, -0.15) is 0 Å². The second-order valence-electron chi connectivity index (χ2n) is 6.90. The number of halogens is 1. The first-order valence-electron chi connectivity index (χ1n) is 8.05. The van der Waals surface area contributed by atoms with Crippen LogP contribution in [0.1, 0.15) is 26.3 Å². The Kier molecular flexibility index (Phi) is 5.87. The lowest BCUT2D eigenvalue weighted by molar-refractivity contribution is -0.118. The maximum atomic E-state index is 12.1. The number of ether oxygens (including phenoxy) is 3. The number of carbonyl (C=O) groups is 1. The predicted octanol–water partition coefficient (Wildman–Crippen LogP) is 3.73. The first-order valence-corrected chi connectivity index (χ1v) is 8.05. The monoisotopic (exact) mass is 378 g/mol. The molecular formula is C19H23ClN2O4. The number of nitrogen functional groups attached to an aromatic ring is 1. The molecule has 2 aromatic rings. The lowest BCUT2D eigenvalue weighted by atomic mass is 9.87. The Labute approximate surface area is 159 Å². The van der Waals surface area contributed by atoms with Crippen molar-refractivity contribution in [3.8, 4) is 17.2 Å². The molecule has 0 unspecified atom stereocenters. The number of carbonyl (C=O) groups excluding carboxylic acids is 1. The Morgan fingerprint density at radius 2 is 1.77 bits per heavy atom. The molecule has 7 heteroatoms. The van der Waals surface area contributed by atoms with Crippen molar-refractivity contribution in [2.75, 3.05) is 24.5 Å². The molecule has 0 spiro atoms. The zero-order valence-electron chi connectivity index (χ0n) is 15.0. The number of hydrogen-bond acceptors (Lipinski definition) is 5. The van der Waals surface area contributed by atoms with Crippen LogP contribution in [0.4, 0.5) is 11.4 Å². The van der Waals surface area contributed by atoms with Gasteiger partial charge in [-0.3, -0.25) is 4.79 Å². The molecule has 1 aliphatic rings. The lowest BCUT2D eigenvalue weighted by Gasteiger charge is -2.19. The highest BCUT2D eigenvalue weighted by Gasteiger charge is 2.17. The van der Waals surface area contributed by atoms with E-state index in [0.717, 1.165) is 0 Å². The van der Waals surface area contributed by atoms with Crippen LogP contribution in [0.15, 0.2) is 36.4 Å². The second-order valence-corrected chi connectivity index (χ2v) is 6.90. The van der Waals surface area contributed by atoms with E-state index >= 15 is 0 Å². The van der Waals surface area contributed by atoms with Crippen LogP contribution in [0, 0.1) is 0 Å². The van der Waals surface area contributed by atoms with Crippen LogP contribution in [0.3, 0.4) is 0 Å². The number of nitrogens with one attached hydrogen (secondary N) is 1. The van der Waals surface area contributed by atoms with E-state index in [-0.39, 0.29) is 37.1 Å². The smallest absolute Gasteiger partial charge is 0.262 e. The van der Waals surface area contributed by atoms with Crippen molar-refractivity contribution in [2.24, 2.45) is 0 Å². The Morgan fingerprint density at radius 1 is 1.15 bits per heavy atom. The Balaban J connectivity index is 0.00000243. The first kappa shape index (κ1) is 19.7. The van der Waals surface area contributed by atoms with Crippen molar-refractivity contribution in [3.63, 3.8) is 0 Å². The molecule has 0 bridgehead atoms. The standard InChI is InChI=1S/C19H22N2O4.ClH/c1-19(2,3)12-4-6-13(7-5-12)23-10-18(22)21-15-9-17-16(8-14(15)20)24-11-25-17;/h4-9H,10-11,20H2,1-3H3,(H,21,22);1H. The molecule has 1 amide bonds. The molecule has 1 heterocycles. The van der Waals surface area contributed by atoms with Gasteiger partial charge in [0.2, 0.25) is 6.79 Å². The number of amides is 1. The van der Waals surface area contributed by atoms with Crippen molar-refractivity contribution >= 4 is 29.7 Å². The van der Waals surface area contributed by atoms with E-state index in [4.69, 9.17) is 19.9 Å². The molecule has 6 nitrogen and oxygen atoms in total. The molecule has 0 fully saturated rings. The topological polar surface area (TPSA) is 82.8 Å². The molecule has 3 rings (SSSR count). The fourth-order valence-corrected chi connectivity index (χ4v) is 2.45. The molecule has 3 N–H and O–H groups in total. The van der Waals surface area contributed by atoms with E-state index in [1.54, 1.807) is 12.1 Å². The van der Waals surface area contributed by atoms with Gasteiger partial charge in [0.15, 0.2) is 18.1 Å². The highest BCUT2D eigenvalue weighted by molar-refractivity contribution is 5.95. The predicted molar refractivity (Wildman–Crippen MR) is 103 cm³/mol. The molecule has 26 heavy (non-hydrogen) atoms. The summed E-state index contributed by atoms with van der Waals surface area (Å²) in [6.07, 6.45) is 0. The molecule has 0 saturated heterocycles. The zero-order chi connectivity index (χ0) is 18.0. The van der Waals surface area contributed by atoms with Gasteiger partial charge >= 0.3 is 0 Å². The second kappa shape index (κ2) is 7.74. The molecule has 0 saturated carbocycles. The van der Waals surface area contributed by atoms with Gasteiger partial charge in [-0.05, 0) is 23.1 Å². The highest BCUT2D eigenvalue weighted by atomic mass is 35.5. The van der Waals surface area contributed by atoms with Gasteiger partial charge in [0, 0.05) is 12.1 Å². The maximum Gasteiger partial charge on any atom is 0.262 e. The van der Waals surface area contributed by atoms with Gasteiger partial charge in [0.25, 0.3) is 5.91 Å². The maximum absolute atomic E-state index is 12.1. The summed E-state index contributed by atoms with van der Waals surface area (Å²) in [6.45, 7) is 6.48. The minimum Gasteiger partial charge on any atom is -0.484 e. The molecule has 140 valence electrons. The van der Waals surface area contributed by atoms with Gasteiger partial charge < -0.3 is 25.3 Å². The molecular weight excluding hydrogens is 356 g/mol. The van der Waals surface area contributed by atoms with Crippen LogP contribution in [0.5, 0.6) is 17.2 Å². The molecule has 2 aromatic carbocycles. The summed E-state index contributed by atoms with van der Waals surface area (Å²) >= 11 is 0. The van der Waals surface area contributed by atoms with Crippen LogP contribution in [-0.4, -0.2) is 19.3 Å². The number of benzene rings is 2. The van der Waals surface area contributed by atoms with Crippen molar-refractivity contribution in [1.29, 1.82) is 0 Å². The van der Waals surface area contributed by atoms with Crippen molar-refractivity contribution in [1.82, 2.24) is 0 Å². The molecule has 1 aliphatic heterocycles. The van der Waals surface area contributed by atoms with Crippen molar-refractivity contribution in [3.05, 3.63) is 42.0 Å². The van der Waals surface area contributed by atoms with E-state index in [9.17, 15) is 4.79 Å². The third-order valence-electron chi connectivity index (χ3n) is 3.91. The minimum absolute atomic E-state index is 0. The van der Waals surface area contributed by atoms with Gasteiger partial charge in [0.05, 0.1) is 11.4 Å². The van der Waals surface area contributed by atoms with Gasteiger partial charge in [-0.1, -0.05) is 32.9 Å². The summed E-state index contributed by atoms with van der Waals surface area (Å²) in [7, 11) is 0. The van der Waals surface area contributed by atoms with E-state index in [1.165, 1.54) is 5.56 Å². The van der Waals surface area contributed by atoms with E-state index in [0.29, 0.717) is 28.6 Å². The third kappa shape index (κ3) is 4.52. The quantitative estimate of drug-likeness (QED) is 0.792. The van der Waals surface area contributed by atoms with E-state index in [2.05, 4.69) is 26.1 Å². The first-order chi connectivity index (χ1) is 11.8. The van der Waals surface area contributed by atoms with Gasteiger partial charge in [0.1, 0.15) is 5.75 Å². The lowest BCUT2D eigenvalue weighted by Crippen LogP contribution is -2.21. The summed E-state index contributed by atoms with van der Waals surface area (Å²) in [6, 6.07) is 11.0. The van der Waals surface area contributed by atoms with E-state index < -0.39 is 0 Å². The summed E-state index contributed by atoms with van der Waals surface area (Å²) in [5, 5.41) is 2.72. The van der Waals surface area contributed by atoms with Crippen LogP contribution in [0.2, 0.25) is 0 Å². The average Bonchev–Trinajstić information content (AvgIpc) is 3.00. The summed E-state index contributed by atoms with van der Waals surface area (Å²) in [5.41, 5.74) is 8.08. The van der Waals surface area contributed by atoms with Crippen LogP contribution in [0.25, 0.3) is 0 Å². The minimum atomic E-state index is -0.300. The van der Waals surface area contributed by atoms with Gasteiger partial charge in [-0.25, -0.2) is 0 Å². The summed E-state index contributed by atoms with van der Waals surface area (Å²) < 4.78 is 16.1. The number of rotatable bonds is 4. The Hall–Kier alpha value is -2.60. The van der Waals surface area contributed by atoms with Crippen LogP contribution >= 0.6 is 12.4 Å². The molecule has 0 aromatic heterocycles. The number of anilines is 2. The van der Waals surface area contributed by atoms with Crippen LogP contribution < -0.4 is 25.3 Å². The Bertz CT molecular complexity index is 785. The SMILES string of the molecule is CC(C)(C)c1ccc(OCC(=O)Nc2cc3c(cc2N)OCO3)cc1.Cl.